The van der Waals surface area contributed by atoms with E-state index in [1.165, 1.54) is 0 Å². The fourth-order valence-electron chi connectivity index (χ4n) is 2.89. The van der Waals surface area contributed by atoms with E-state index in [1.54, 1.807) is 12.4 Å². The highest BCUT2D eigenvalue weighted by Crippen LogP contribution is 2.32. The molecule has 106 valence electrons. The molecule has 1 aromatic rings. The highest BCUT2D eigenvalue weighted by Gasteiger charge is 2.34. The molecule has 19 heavy (non-hydrogen) atoms. The lowest BCUT2D eigenvalue weighted by Crippen LogP contribution is -2.47. The van der Waals surface area contributed by atoms with Crippen LogP contribution in [-0.4, -0.2) is 28.2 Å². The molecular formula is C15H25N3O. The number of hydrogen-bond donors (Lipinski definition) is 1. The minimum Gasteiger partial charge on any atom is -0.375 e. The second-order valence-electron chi connectivity index (χ2n) is 5.45. The zero-order chi connectivity index (χ0) is 13.7. The smallest absolute Gasteiger partial charge is 0.0753 e. The van der Waals surface area contributed by atoms with Crippen LogP contribution in [0.2, 0.25) is 0 Å². The maximum atomic E-state index is 6.01. The normalized spacial score (nSPS) is 24.1. The zero-order valence-corrected chi connectivity index (χ0v) is 12.2. The molecule has 1 aromatic heterocycles. The topological polar surface area (TPSA) is 47.0 Å². The summed E-state index contributed by atoms with van der Waals surface area (Å²) in [5, 5.41) is 3.68. The predicted molar refractivity (Wildman–Crippen MR) is 75.9 cm³/mol. The summed E-state index contributed by atoms with van der Waals surface area (Å²) >= 11 is 0. The third kappa shape index (κ3) is 3.51. The molecule has 1 fully saturated rings. The van der Waals surface area contributed by atoms with E-state index in [0.717, 1.165) is 38.0 Å². The summed E-state index contributed by atoms with van der Waals surface area (Å²) in [5.41, 5.74) is 1.07. The van der Waals surface area contributed by atoms with Gasteiger partial charge in [-0.05, 0) is 32.6 Å². The number of hydrogen-bond acceptors (Lipinski definition) is 4. The molecule has 0 bridgehead atoms. The van der Waals surface area contributed by atoms with Crippen LogP contribution in [-0.2, 0) is 4.74 Å². The van der Waals surface area contributed by atoms with Gasteiger partial charge < -0.3 is 10.1 Å². The Morgan fingerprint density at radius 3 is 2.84 bits per heavy atom. The van der Waals surface area contributed by atoms with Crippen molar-refractivity contribution in [3.63, 3.8) is 0 Å². The molecule has 0 radical (unpaired) electrons. The van der Waals surface area contributed by atoms with Gasteiger partial charge in [-0.15, -0.1) is 0 Å². The van der Waals surface area contributed by atoms with Crippen molar-refractivity contribution in [3.8, 4) is 0 Å². The van der Waals surface area contributed by atoms with E-state index in [9.17, 15) is 0 Å². The predicted octanol–water partition coefficient (Wildman–Crippen LogP) is 2.87. The lowest BCUT2D eigenvalue weighted by molar-refractivity contribution is -0.0940. The number of rotatable bonds is 5. The Balaban J connectivity index is 1.96. The Morgan fingerprint density at radius 1 is 1.42 bits per heavy atom. The number of nitrogens with one attached hydrogen (secondary N) is 1. The maximum Gasteiger partial charge on any atom is 0.0753 e. The Bertz CT molecular complexity index is 378. The minimum atomic E-state index is 0.0675. The zero-order valence-electron chi connectivity index (χ0n) is 12.2. The van der Waals surface area contributed by atoms with Crippen molar-refractivity contribution >= 4 is 0 Å². The summed E-state index contributed by atoms with van der Waals surface area (Å²) in [6.45, 7) is 7.45. The van der Waals surface area contributed by atoms with Gasteiger partial charge in [0.2, 0.25) is 0 Å². The van der Waals surface area contributed by atoms with E-state index in [1.807, 2.05) is 6.20 Å². The second kappa shape index (κ2) is 6.44. The first-order valence-electron chi connectivity index (χ1n) is 7.35. The molecule has 1 aliphatic heterocycles. The van der Waals surface area contributed by atoms with Crippen LogP contribution in [0.15, 0.2) is 18.6 Å². The van der Waals surface area contributed by atoms with Gasteiger partial charge >= 0.3 is 0 Å². The molecule has 2 heterocycles. The first-order valence-corrected chi connectivity index (χ1v) is 7.35. The monoisotopic (exact) mass is 263 g/mol. The quantitative estimate of drug-likeness (QED) is 0.887. The van der Waals surface area contributed by atoms with Gasteiger partial charge in [0.1, 0.15) is 0 Å². The Labute approximate surface area is 116 Å². The van der Waals surface area contributed by atoms with E-state index in [2.05, 4.69) is 36.1 Å². The Kier molecular flexibility index (Phi) is 4.88. The van der Waals surface area contributed by atoms with Crippen LogP contribution >= 0.6 is 0 Å². The van der Waals surface area contributed by atoms with Crippen molar-refractivity contribution in [1.29, 1.82) is 0 Å². The van der Waals surface area contributed by atoms with Crippen LogP contribution in [0.3, 0.4) is 0 Å². The fraction of sp³-hybridized carbons (Fsp3) is 0.733. The molecule has 1 aliphatic rings. The van der Waals surface area contributed by atoms with Gasteiger partial charge in [0.15, 0.2) is 0 Å². The lowest BCUT2D eigenvalue weighted by atomic mass is 9.85. The summed E-state index contributed by atoms with van der Waals surface area (Å²) < 4.78 is 6.01. The van der Waals surface area contributed by atoms with Crippen molar-refractivity contribution in [2.24, 2.45) is 0 Å². The molecule has 2 atom stereocenters. The van der Waals surface area contributed by atoms with Crippen molar-refractivity contribution in [2.75, 3.05) is 6.61 Å². The minimum absolute atomic E-state index is 0.0675. The lowest BCUT2D eigenvalue weighted by Gasteiger charge is -2.41. The molecule has 0 spiro atoms. The molecule has 4 heteroatoms. The average Bonchev–Trinajstić information content (AvgIpc) is 2.48. The molecule has 2 rings (SSSR count). The Hall–Kier alpha value is -1.00. The van der Waals surface area contributed by atoms with Crippen molar-refractivity contribution in [1.82, 2.24) is 15.3 Å². The second-order valence-corrected chi connectivity index (χ2v) is 5.45. The molecule has 1 N–H and O–H groups in total. The number of nitrogens with zero attached hydrogens (tertiary/aromatic N) is 2. The van der Waals surface area contributed by atoms with Crippen LogP contribution in [0.1, 0.15) is 58.2 Å². The van der Waals surface area contributed by atoms with E-state index >= 15 is 0 Å². The number of aromatic nitrogens is 2. The molecule has 0 amide bonds. The van der Waals surface area contributed by atoms with Gasteiger partial charge in [0.05, 0.1) is 11.3 Å². The van der Waals surface area contributed by atoms with Crippen LogP contribution in [0.5, 0.6) is 0 Å². The van der Waals surface area contributed by atoms with E-state index in [-0.39, 0.29) is 11.6 Å². The van der Waals surface area contributed by atoms with E-state index in [4.69, 9.17) is 4.74 Å². The molecule has 4 nitrogen and oxygen atoms in total. The van der Waals surface area contributed by atoms with Crippen LogP contribution < -0.4 is 5.32 Å². The van der Waals surface area contributed by atoms with Crippen LogP contribution in [0.25, 0.3) is 0 Å². The van der Waals surface area contributed by atoms with E-state index in [0.29, 0.717) is 6.04 Å². The number of ether oxygens (including phenoxy) is 1. The first-order chi connectivity index (χ1) is 9.19. The molecule has 0 saturated carbocycles. The van der Waals surface area contributed by atoms with Gasteiger partial charge in [-0.2, -0.15) is 0 Å². The summed E-state index contributed by atoms with van der Waals surface area (Å²) in [7, 11) is 0. The molecule has 0 aliphatic carbocycles. The highest BCUT2D eigenvalue weighted by molar-refractivity contribution is 5.02. The van der Waals surface area contributed by atoms with Gasteiger partial charge in [0, 0.05) is 37.3 Å². The average molecular weight is 263 g/mol. The first kappa shape index (κ1) is 14.4. The summed E-state index contributed by atoms with van der Waals surface area (Å²) in [5.74, 6) is 0. The van der Waals surface area contributed by atoms with Gasteiger partial charge in [-0.1, -0.05) is 13.8 Å². The standard InChI is InChI=1S/C15H25N3O/c1-4-15(5-2)10-13(6-9-19-15)18-12(3)14-11-16-7-8-17-14/h7-8,11-13,18H,4-6,9-10H2,1-3H3. The molecular weight excluding hydrogens is 238 g/mol. The van der Waals surface area contributed by atoms with Gasteiger partial charge in [-0.25, -0.2) is 0 Å². The van der Waals surface area contributed by atoms with E-state index < -0.39 is 0 Å². The molecule has 1 saturated heterocycles. The fourth-order valence-corrected chi connectivity index (χ4v) is 2.89. The van der Waals surface area contributed by atoms with Gasteiger partial charge in [-0.3, -0.25) is 9.97 Å². The Morgan fingerprint density at radius 2 is 2.21 bits per heavy atom. The SMILES string of the molecule is CCC1(CC)CC(NC(C)c2cnccn2)CCO1. The van der Waals surface area contributed by atoms with Gasteiger partial charge in [0.25, 0.3) is 0 Å². The largest absolute Gasteiger partial charge is 0.375 e. The molecule has 2 unspecified atom stereocenters. The maximum absolute atomic E-state index is 6.01. The van der Waals surface area contributed by atoms with Crippen molar-refractivity contribution in [2.45, 2.75) is 64.1 Å². The summed E-state index contributed by atoms with van der Waals surface area (Å²) in [6, 6.07) is 0.744. The van der Waals surface area contributed by atoms with Crippen LogP contribution in [0.4, 0.5) is 0 Å². The highest BCUT2D eigenvalue weighted by atomic mass is 16.5. The molecule has 0 aromatic carbocycles. The summed E-state index contributed by atoms with van der Waals surface area (Å²) in [4.78, 5) is 8.50. The summed E-state index contributed by atoms with van der Waals surface area (Å²) in [6.07, 6.45) is 9.63. The van der Waals surface area contributed by atoms with Crippen molar-refractivity contribution in [3.05, 3.63) is 24.3 Å². The van der Waals surface area contributed by atoms with Crippen LogP contribution in [0, 0.1) is 0 Å². The third-order valence-electron chi connectivity index (χ3n) is 4.29. The van der Waals surface area contributed by atoms with Crippen molar-refractivity contribution < 1.29 is 4.74 Å². The third-order valence-corrected chi connectivity index (χ3v) is 4.29.